The molecule has 1 N–H and O–H groups in total. The predicted octanol–water partition coefficient (Wildman–Crippen LogP) is 10.7. The largest absolute Gasteiger partial charge is 0.356 e. The zero-order chi connectivity index (χ0) is 30.6. The third-order valence-electron chi connectivity index (χ3n) is 6.21. The first-order valence-electron chi connectivity index (χ1n) is 13.8. The van der Waals surface area contributed by atoms with Gasteiger partial charge in [0.2, 0.25) is 0 Å². The van der Waals surface area contributed by atoms with E-state index in [4.69, 9.17) is 0 Å². The number of allylic oxidation sites excluding steroid dienone is 5. The summed E-state index contributed by atoms with van der Waals surface area (Å²) in [5.74, 6) is 0. The molecule has 0 spiro atoms. The first-order chi connectivity index (χ1) is 20.5. The third-order valence-corrected chi connectivity index (χ3v) is 6.21. The minimum atomic E-state index is 0. The van der Waals surface area contributed by atoms with Crippen LogP contribution in [0.1, 0.15) is 20.8 Å². The highest BCUT2D eigenvalue weighted by Crippen LogP contribution is 2.25. The lowest BCUT2D eigenvalue weighted by Gasteiger charge is -2.09. The van der Waals surface area contributed by atoms with Crippen LogP contribution in [0.15, 0.2) is 158 Å². The van der Waals surface area contributed by atoms with E-state index in [9.17, 15) is 0 Å². The molecule has 0 aliphatic heterocycles. The van der Waals surface area contributed by atoms with Crippen LogP contribution in [-0.4, -0.2) is 0 Å². The van der Waals surface area contributed by atoms with Crippen LogP contribution in [0.5, 0.6) is 0 Å². The van der Waals surface area contributed by atoms with Gasteiger partial charge in [0.1, 0.15) is 0 Å². The Labute approximate surface area is 275 Å². The normalized spacial score (nSPS) is 10.6. The summed E-state index contributed by atoms with van der Waals surface area (Å²) in [7, 11) is 0. The molecule has 0 aliphatic carbocycles. The van der Waals surface area contributed by atoms with Crippen LogP contribution in [0.3, 0.4) is 0 Å². The van der Waals surface area contributed by atoms with Crippen molar-refractivity contribution in [1.29, 1.82) is 0 Å². The van der Waals surface area contributed by atoms with Crippen LogP contribution in [0.2, 0.25) is 0 Å². The highest BCUT2D eigenvalue weighted by Gasteiger charge is 1.99. The first-order valence-corrected chi connectivity index (χ1v) is 15.4. The lowest BCUT2D eigenvalue weighted by molar-refractivity contribution is 1.51. The molecule has 0 bridgehead atoms. The van der Waals surface area contributed by atoms with Gasteiger partial charge in [-0.25, -0.2) is 0 Å². The van der Waals surface area contributed by atoms with Crippen molar-refractivity contribution in [3.8, 4) is 11.1 Å². The second-order valence-electron chi connectivity index (χ2n) is 9.26. The van der Waals surface area contributed by atoms with Crippen molar-refractivity contribution in [3.05, 3.63) is 168 Å². The molecule has 4 heteroatoms. The number of rotatable bonds is 5. The molecule has 0 aliphatic rings. The van der Waals surface area contributed by atoms with Gasteiger partial charge in [0.25, 0.3) is 0 Å². The lowest BCUT2D eigenvalue weighted by Crippen LogP contribution is -2.20. The Morgan fingerprint density at radius 2 is 1.23 bits per heavy atom. The van der Waals surface area contributed by atoms with Crippen molar-refractivity contribution >= 4 is 71.6 Å². The van der Waals surface area contributed by atoms with Gasteiger partial charge in [-0.1, -0.05) is 146 Å². The maximum atomic E-state index is 3.86. The van der Waals surface area contributed by atoms with Crippen LogP contribution < -0.4 is 15.8 Å². The van der Waals surface area contributed by atoms with Crippen molar-refractivity contribution in [3.63, 3.8) is 0 Å². The van der Waals surface area contributed by atoms with Gasteiger partial charge >= 0.3 is 0 Å². The average molecular weight is 622 g/mol. The van der Waals surface area contributed by atoms with Crippen molar-refractivity contribution in [2.45, 2.75) is 20.8 Å². The molecule has 0 fully saturated rings. The van der Waals surface area contributed by atoms with Gasteiger partial charge in [-0.3, -0.25) is 0 Å². The maximum absolute atomic E-state index is 3.86. The minimum Gasteiger partial charge on any atom is -0.356 e. The number of nitrogens with one attached hydrogen (secondary N) is 1. The molecular weight excluding hydrogens is 579 g/mol. The van der Waals surface area contributed by atoms with E-state index in [1.807, 2.05) is 63.3 Å². The summed E-state index contributed by atoms with van der Waals surface area (Å²) in [6.07, 6.45) is 9.87. The topological polar surface area (TPSA) is 12.0 Å². The molecule has 5 aromatic rings. The quantitative estimate of drug-likeness (QED) is 0.101. The average Bonchev–Trinajstić information content (AvgIpc) is 3.04. The fourth-order valence-electron chi connectivity index (χ4n) is 4.13. The summed E-state index contributed by atoms with van der Waals surface area (Å²) in [5.41, 5.74) is 5.91. The molecule has 0 heterocycles. The number of anilines is 2. The molecule has 1 nitrogen and oxygen atoms in total. The second kappa shape index (κ2) is 21.8. The van der Waals surface area contributed by atoms with Crippen molar-refractivity contribution in [1.82, 2.24) is 0 Å². The molecule has 0 aromatic heterocycles. The summed E-state index contributed by atoms with van der Waals surface area (Å²) in [6, 6.07) is 41.9. The Balaban J connectivity index is 0.000000385. The van der Waals surface area contributed by atoms with Crippen molar-refractivity contribution in [2.75, 3.05) is 5.32 Å². The van der Waals surface area contributed by atoms with Gasteiger partial charge in [0.15, 0.2) is 0 Å². The van der Waals surface area contributed by atoms with Gasteiger partial charge in [-0.2, -0.15) is 13.5 Å². The molecule has 222 valence electrons. The molecule has 0 radical (unpaired) electrons. The second-order valence-corrected chi connectivity index (χ2v) is 9.26. The number of fused-ring (bicyclic) bond motifs is 1. The van der Waals surface area contributed by atoms with E-state index >= 15 is 0 Å². The van der Waals surface area contributed by atoms with E-state index in [1.165, 1.54) is 32.7 Å². The lowest BCUT2D eigenvalue weighted by atomic mass is 10.1. The smallest absolute Gasteiger partial charge is 0.0390 e. The molecule has 0 amide bonds. The standard InChI is InChI=1S/C22H17N.C9H10.C8H12.H2S2.H2S/c1-2-6-17(7-3-1)19-10-13-21(14-11-19)23-22-15-12-18-8-4-5-9-20(18)16-22;1-3-9-7-5-4-6-8(9)2;1-4-6-8(3)7-5-2;1-2;/h1-16,23H;3-7H,2H2,1H3;4-7H,1H2,2-3H3;1-2H;1H2/b;9-3-;7-5-,8-6+;;. The van der Waals surface area contributed by atoms with E-state index in [0.29, 0.717) is 0 Å². The van der Waals surface area contributed by atoms with Gasteiger partial charge in [-0.15, -0.1) is 23.3 Å². The van der Waals surface area contributed by atoms with E-state index in [0.717, 1.165) is 16.6 Å². The Hall–Kier alpha value is -3.83. The van der Waals surface area contributed by atoms with Crippen LogP contribution in [0.4, 0.5) is 11.4 Å². The fraction of sp³-hybridized carbons (Fsp3) is 0.0769. The van der Waals surface area contributed by atoms with E-state index < -0.39 is 0 Å². The van der Waals surface area contributed by atoms with Gasteiger partial charge in [0, 0.05) is 11.4 Å². The van der Waals surface area contributed by atoms with Gasteiger partial charge in [0.05, 0.1) is 0 Å². The number of hydrogen-bond donors (Lipinski definition) is 3. The highest BCUT2D eigenvalue weighted by atomic mass is 33.1. The summed E-state index contributed by atoms with van der Waals surface area (Å²) in [6.45, 7) is 13.5. The maximum Gasteiger partial charge on any atom is 0.0390 e. The van der Waals surface area contributed by atoms with Gasteiger partial charge < -0.3 is 5.32 Å². The molecule has 0 saturated heterocycles. The van der Waals surface area contributed by atoms with E-state index in [2.05, 4.69) is 145 Å². The van der Waals surface area contributed by atoms with Crippen molar-refractivity contribution in [2.24, 2.45) is 0 Å². The number of benzene rings is 5. The number of thiol groups is 2. The van der Waals surface area contributed by atoms with Crippen molar-refractivity contribution < 1.29 is 0 Å². The summed E-state index contributed by atoms with van der Waals surface area (Å²) >= 11 is 6.44. The summed E-state index contributed by atoms with van der Waals surface area (Å²) in [5, 5.41) is 8.30. The molecular formula is C39H43NS3. The van der Waals surface area contributed by atoms with Crippen LogP contribution in [-0.2, 0) is 0 Å². The molecule has 5 aromatic carbocycles. The molecule has 0 saturated carbocycles. The molecule has 0 unspecified atom stereocenters. The van der Waals surface area contributed by atoms with E-state index in [-0.39, 0.29) is 13.5 Å². The monoisotopic (exact) mass is 621 g/mol. The first kappa shape index (κ1) is 37.2. The van der Waals surface area contributed by atoms with Crippen LogP contribution in [0, 0.1) is 0 Å². The summed E-state index contributed by atoms with van der Waals surface area (Å²) < 4.78 is 0. The van der Waals surface area contributed by atoms with E-state index in [1.54, 1.807) is 6.08 Å². The third kappa shape index (κ3) is 13.3. The Morgan fingerprint density at radius 1 is 0.674 bits per heavy atom. The van der Waals surface area contributed by atoms with Crippen LogP contribution >= 0.6 is 36.8 Å². The predicted molar refractivity (Wildman–Crippen MR) is 208 cm³/mol. The zero-order valence-corrected chi connectivity index (χ0v) is 28.0. The Morgan fingerprint density at radius 3 is 1.81 bits per heavy atom. The highest BCUT2D eigenvalue weighted by molar-refractivity contribution is 8.59. The fourth-order valence-corrected chi connectivity index (χ4v) is 4.13. The zero-order valence-electron chi connectivity index (χ0n) is 25.2. The molecule has 5 rings (SSSR count). The Bertz CT molecular complexity index is 1670. The molecule has 43 heavy (non-hydrogen) atoms. The minimum absolute atomic E-state index is 0. The number of hydrogen-bond acceptors (Lipinski definition) is 3. The SMILES string of the molecule is C=C/C=C(C)/C=C\C.C=c1cccc/c1=C/C.S.SS.c1ccc(-c2ccc(Nc3ccc4ccccc4c3)cc2)cc1. The molecule has 0 atom stereocenters. The summed E-state index contributed by atoms with van der Waals surface area (Å²) in [4.78, 5) is 0. The van der Waals surface area contributed by atoms with Gasteiger partial charge in [-0.05, 0) is 77.4 Å². The Kier molecular flexibility index (Phi) is 18.9. The van der Waals surface area contributed by atoms with Crippen LogP contribution in [0.25, 0.3) is 34.6 Å².